The van der Waals surface area contributed by atoms with Crippen molar-refractivity contribution in [1.82, 2.24) is 4.98 Å². The minimum atomic E-state index is -0.549. The Morgan fingerprint density at radius 1 is 1.17 bits per heavy atom. The molecule has 1 N–H and O–H groups in total. The SMILES string of the molecule is COc1cc(OC)cc(C(=O)/C=c2/[nH]c(=O)/c(=C/c3cc([N+](=O)[O-])ccc3Cl)s2)c1. The number of methoxy groups -OCH3 is 2. The fraction of sp³-hybridized carbons (Fsp3) is 0.100. The summed E-state index contributed by atoms with van der Waals surface area (Å²) in [6, 6.07) is 8.70. The van der Waals surface area contributed by atoms with E-state index in [9.17, 15) is 19.7 Å². The number of H-pyrrole nitrogens is 1. The number of ether oxygens (including phenoxy) is 2. The number of carbonyl (C=O) groups is 1. The topological polar surface area (TPSA) is 112 Å². The molecule has 0 saturated carbocycles. The summed E-state index contributed by atoms with van der Waals surface area (Å²) in [5.74, 6) is 0.560. The number of rotatable bonds is 6. The van der Waals surface area contributed by atoms with Gasteiger partial charge in [-0.3, -0.25) is 19.7 Å². The number of non-ortho nitro benzene ring substituents is 1. The molecule has 0 aliphatic rings. The van der Waals surface area contributed by atoms with E-state index < -0.39 is 10.5 Å². The fourth-order valence-electron chi connectivity index (χ4n) is 2.57. The molecule has 3 rings (SSSR count). The van der Waals surface area contributed by atoms with Crippen LogP contribution in [0.2, 0.25) is 5.02 Å². The Morgan fingerprint density at radius 2 is 1.83 bits per heavy atom. The highest BCUT2D eigenvalue weighted by molar-refractivity contribution is 7.07. The van der Waals surface area contributed by atoms with E-state index in [1.807, 2.05) is 0 Å². The minimum absolute atomic E-state index is 0.146. The summed E-state index contributed by atoms with van der Waals surface area (Å²) >= 11 is 7.11. The van der Waals surface area contributed by atoms with Gasteiger partial charge in [0.1, 0.15) is 11.5 Å². The van der Waals surface area contributed by atoms with Gasteiger partial charge in [0.2, 0.25) is 0 Å². The number of aromatic amines is 1. The molecule has 8 nitrogen and oxygen atoms in total. The number of carbonyl (C=O) groups excluding carboxylic acids is 1. The summed E-state index contributed by atoms with van der Waals surface area (Å²) in [7, 11) is 2.95. The van der Waals surface area contributed by atoms with Crippen LogP contribution in [0.5, 0.6) is 11.5 Å². The van der Waals surface area contributed by atoms with Gasteiger partial charge in [-0.2, -0.15) is 0 Å². The summed E-state index contributed by atoms with van der Waals surface area (Å²) in [5.41, 5.74) is 0.0683. The van der Waals surface area contributed by atoms with Crippen LogP contribution in [0, 0.1) is 10.1 Å². The molecule has 30 heavy (non-hydrogen) atoms. The zero-order valence-corrected chi connectivity index (χ0v) is 17.4. The number of ketones is 1. The Bertz CT molecular complexity index is 1290. The van der Waals surface area contributed by atoms with Crippen LogP contribution in [-0.2, 0) is 0 Å². The molecule has 0 aliphatic carbocycles. The quantitative estimate of drug-likeness (QED) is 0.354. The summed E-state index contributed by atoms with van der Waals surface area (Å²) in [5, 5.41) is 11.2. The Morgan fingerprint density at radius 3 is 2.43 bits per heavy atom. The van der Waals surface area contributed by atoms with Gasteiger partial charge < -0.3 is 14.5 Å². The third-order valence-electron chi connectivity index (χ3n) is 4.06. The largest absolute Gasteiger partial charge is 0.497 e. The number of aromatic nitrogens is 1. The number of nitrogens with one attached hydrogen (secondary N) is 1. The predicted molar refractivity (Wildman–Crippen MR) is 114 cm³/mol. The number of benzene rings is 2. The Kier molecular flexibility index (Phi) is 6.34. The van der Waals surface area contributed by atoms with Crippen LogP contribution in [0.25, 0.3) is 12.2 Å². The van der Waals surface area contributed by atoms with Crippen molar-refractivity contribution in [1.29, 1.82) is 0 Å². The molecular formula is C20H15ClN2O6S. The molecule has 10 heteroatoms. The van der Waals surface area contributed by atoms with Crippen LogP contribution in [0.4, 0.5) is 5.69 Å². The summed E-state index contributed by atoms with van der Waals surface area (Å²) in [6.07, 6.45) is 2.72. The van der Waals surface area contributed by atoms with E-state index in [2.05, 4.69) is 4.98 Å². The molecule has 0 saturated heterocycles. The van der Waals surface area contributed by atoms with Crippen LogP contribution in [-0.4, -0.2) is 29.9 Å². The van der Waals surface area contributed by atoms with Crippen LogP contribution < -0.4 is 24.2 Å². The second kappa shape index (κ2) is 8.93. The van der Waals surface area contributed by atoms with E-state index in [-0.39, 0.29) is 21.0 Å². The van der Waals surface area contributed by atoms with Crippen molar-refractivity contribution in [2.75, 3.05) is 14.2 Å². The Balaban J connectivity index is 2.03. The number of hydrogen-bond acceptors (Lipinski definition) is 7. The minimum Gasteiger partial charge on any atom is -0.497 e. The molecule has 1 aromatic heterocycles. The van der Waals surface area contributed by atoms with Crippen molar-refractivity contribution in [2.45, 2.75) is 0 Å². The lowest BCUT2D eigenvalue weighted by Crippen LogP contribution is -2.20. The van der Waals surface area contributed by atoms with Gasteiger partial charge >= 0.3 is 0 Å². The fourth-order valence-corrected chi connectivity index (χ4v) is 3.62. The van der Waals surface area contributed by atoms with Gasteiger partial charge in [0, 0.05) is 40.4 Å². The third-order valence-corrected chi connectivity index (χ3v) is 5.36. The van der Waals surface area contributed by atoms with Crippen LogP contribution >= 0.6 is 22.9 Å². The van der Waals surface area contributed by atoms with Crippen LogP contribution in [0.3, 0.4) is 0 Å². The number of Topliss-reactive ketones (excluding diaryl/α,β-unsaturated/α-hetero) is 1. The van der Waals surface area contributed by atoms with Crippen molar-refractivity contribution in [3.05, 3.63) is 82.2 Å². The average Bonchev–Trinajstić information content (AvgIpc) is 3.07. The zero-order chi connectivity index (χ0) is 21.8. The van der Waals surface area contributed by atoms with E-state index in [4.69, 9.17) is 21.1 Å². The first-order chi connectivity index (χ1) is 14.3. The summed E-state index contributed by atoms with van der Waals surface area (Å²) < 4.78 is 10.9. The van der Waals surface area contributed by atoms with E-state index >= 15 is 0 Å². The number of nitro benzene ring substituents is 1. The molecule has 0 unspecified atom stereocenters. The molecule has 0 amide bonds. The molecule has 0 fully saturated rings. The Hall–Kier alpha value is -3.43. The molecule has 0 spiro atoms. The highest BCUT2D eigenvalue weighted by atomic mass is 35.5. The first-order valence-electron chi connectivity index (χ1n) is 8.44. The van der Waals surface area contributed by atoms with E-state index in [1.165, 1.54) is 44.6 Å². The highest BCUT2D eigenvalue weighted by Crippen LogP contribution is 2.23. The second-order valence-corrected chi connectivity index (χ2v) is 7.49. The van der Waals surface area contributed by atoms with Crippen molar-refractivity contribution in [2.24, 2.45) is 0 Å². The van der Waals surface area contributed by atoms with Crippen molar-refractivity contribution in [3.8, 4) is 11.5 Å². The van der Waals surface area contributed by atoms with Gasteiger partial charge in [-0.15, -0.1) is 11.3 Å². The van der Waals surface area contributed by atoms with E-state index in [0.717, 1.165) is 11.3 Å². The number of nitrogens with zero attached hydrogens (tertiary/aromatic N) is 1. The number of thiazole rings is 1. The first-order valence-corrected chi connectivity index (χ1v) is 9.64. The lowest BCUT2D eigenvalue weighted by atomic mass is 10.1. The zero-order valence-electron chi connectivity index (χ0n) is 15.8. The monoisotopic (exact) mass is 446 g/mol. The van der Waals surface area contributed by atoms with Gasteiger partial charge in [-0.1, -0.05) is 11.6 Å². The number of nitro groups is 1. The third kappa shape index (κ3) is 4.76. The predicted octanol–water partition coefficient (Wildman–Crippen LogP) is 2.51. The highest BCUT2D eigenvalue weighted by Gasteiger charge is 2.10. The maximum absolute atomic E-state index is 12.6. The smallest absolute Gasteiger partial charge is 0.270 e. The maximum atomic E-state index is 12.6. The molecule has 1 heterocycles. The lowest BCUT2D eigenvalue weighted by Gasteiger charge is -2.06. The lowest BCUT2D eigenvalue weighted by molar-refractivity contribution is -0.384. The van der Waals surface area contributed by atoms with Crippen LogP contribution in [0.1, 0.15) is 15.9 Å². The van der Waals surface area contributed by atoms with Gasteiger partial charge in [0.05, 0.1) is 28.3 Å². The first kappa shape index (κ1) is 21.3. The molecule has 0 radical (unpaired) electrons. The molecule has 0 aliphatic heterocycles. The van der Waals surface area contributed by atoms with Crippen molar-refractivity contribution >= 4 is 46.6 Å². The average molecular weight is 447 g/mol. The normalized spacial score (nSPS) is 12.1. The molecular weight excluding hydrogens is 432 g/mol. The molecule has 0 bridgehead atoms. The van der Waals surface area contributed by atoms with Crippen LogP contribution in [0.15, 0.2) is 41.2 Å². The maximum Gasteiger partial charge on any atom is 0.270 e. The van der Waals surface area contributed by atoms with Gasteiger partial charge in [0.15, 0.2) is 5.78 Å². The van der Waals surface area contributed by atoms with E-state index in [1.54, 1.807) is 18.2 Å². The van der Waals surface area contributed by atoms with Gasteiger partial charge in [0.25, 0.3) is 11.2 Å². The Labute approximate surface area is 178 Å². The van der Waals surface area contributed by atoms with E-state index in [0.29, 0.717) is 27.3 Å². The molecule has 0 atom stereocenters. The molecule has 2 aromatic carbocycles. The molecule has 154 valence electrons. The van der Waals surface area contributed by atoms with Crippen molar-refractivity contribution < 1.29 is 19.2 Å². The standard InChI is InChI=1S/C20H15ClN2O6S/c1-28-14-6-12(7-15(9-14)29-2)17(24)10-19-22-20(25)18(30-19)8-11-5-13(23(26)27)3-4-16(11)21/h3-10H,1-2H3,(H,22,25)/b18-8-,19-10-. The summed E-state index contributed by atoms with van der Waals surface area (Å²) in [6.45, 7) is 0. The number of halogens is 1. The summed E-state index contributed by atoms with van der Waals surface area (Å²) in [4.78, 5) is 37.9. The van der Waals surface area contributed by atoms with Gasteiger partial charge in [-0.25, -0.2) is 0 Å². The molecule has 3 aromatic rings. The van der Waals surface area contributed by atoms with Gasteiger partial charge in [-0.05, 0) is 24.3 Å². The number of hydrogen-bond donors (Lipinski definition) is 1. The van der Waals surface area contributed by atoms with Crippen molar-refractivity contribution in [3.63, 3.8) is 0 Å². The second-order valence-electron chi connectivity index (χ2n) is 6.00.